The van der Waals surface area contributed by atoms with Crippen molar-refractivity contribution in [2.45, 2.75) is 0 Å². The fourth-order valence-corrected chi connectivity index (χ4v) is 4.31. The molecule has 1 N–H and O–H groups in total. The Morgan fingerprint density at radius 1 is 0.703 bits per heavy atom. The summed E-state index contributed by atoms with van der Waals surface area (Å²) >= 11 is 0. The van der Waals surface area contributed by atoms with Gasteiger partial charge < -0.3 is 5.11 Å². The van der Waals surface area contributed by atoms with E-state index >= 15 is 0 Å². The maximum atomic E-state index is 14.0. The molecule has 0 fully saturated rings. The molecular formula is C30H20N4O3. The number of amidine groups is 1. The van der Waals surface area contributed by atoms with E-state index in [1.54, 1.807) is 36.4 Å². The molecular weight excluding hydrogens is 464 g/mol. The number of rotatable bonds is 4. The molecule has 0 bridgehead atoms. The predicted molar refractivity (Wildman–Crippen MR) is 144 cm³/mol. The highest BCUT2D eigenvalue weighted by atomic mass is 16.3. The van der Waals surface area contributed by atoms with Crippen molar-refractivity contribution in [2.24, 2.45) is 4.99 Å². The van der Waals surface area contributed by atoms with Gasteiger partial charge in [-0.05, 0) is 24.3 Å². The van der Waals surface area contributed by atoms with Gasteiger partial charge in [-0.1, -0.05) is 91.0 Å². The Morgan fingerprint density at radius 2 is 1.32 bits per heavy atom. The van der Waals surface area contributed by atoms with Gasteiger partial charge in [0.05, 0.1) is 10.9 Å². The summed E-state index contributed by atoms with van der Waals surface area (Å²) in [4.78, 5) is 37.4. The summed E-state index contributed by atoms with van der Waals surface area (Å²) < 4.78 is 1.29. The molecule has 0 radical (unpaired) electrons. The number of aromatic nitrogens is 2. The Bertz CT molecular complexity index is 1770. The van der Waals surface area contributed by atoms with E-state index in [2.05, 4.69) is 4.99 Å². The fraction of sp³-hybridized carbons (Fsp3) is 0. The zero-order valence-corrected chi connectivity index (χ0v) is 19.5. The fourth-order valence-electron chi connectivity index (χ4n) is 4.31. The van der Waals surface area contributed by atoms with Crippen molar-refractivity contribution in [1.82, 2.24) is 9.66 Å². The average Bonchev–Trinajstić information content (AvgIpc) is 3.26. The van der Waals surface area contributed by atoms with Crippen molar-refractivity contribution in [3.05, 3.63) is 136 Å². The highest BCUT2D eigenvalue weighted by molar-refractivity contribution is 6.29. The number of nitrogens with zero attached hydrogens (tertiary/aromatic N) is 4. The van der Waals surface area contributed by atoms with Gasteiger partial charge in [0.25, 0.3) is 11.5 Å². The summed E-state index contributed by atoms with van der Waals surface area (Å²) in [6.07, 6.45) is 1.52. The number of hydrogen-bond donors (Lipinski definition) is 1. The first-order chi connectivity index (χ1) is 18.1. The molecule has 0 unspecified atom stereocenters. The zero-order chi connectivity index (χ0) is 25.4. The lowest BCUT2D eigenvalue weighted by Gasteiger charge is -2.23. The summed E-state index contributed by atoms with van der Waals surface area (Å²) in [6.45, 7) is 0. The summed E-state index contributed by atoms with van der Waals surface area (Å²) in [5.41, 5.74) is 1.97. The van der Waals surface area contributed by atoms with E-state index in [-0.39, 0.29) is 17.3 Å². The van der Waals surface area contributed by atoms with Gasteiger partial charge in [-0.3, -0.25) is 9.59 Å². The second-order valence-corrected chi connectivity index (χ2v) is 8.44. The molecule has 4 aromatic carbocycles. The molecule has 1 aliphatic heterocycles. The van der Waals surface area contributed by atoms with E-state index in [0.717, 1.165) is 0 Å². The lowest BCUT2D eigenvalue weighted by atomic mass is 10.1. The molecule has 0 aliphatic carbocycles. The van der Waals surface area contributed by atoms with Crippen LogP contribution in [0, 0.1) is 0 Å². The van der Waals surface area contributed by atoms with Crippen molar-refractivity contribution < 1.29 is 9.90 Å². The first-order valence-corrected chi connectivity index (χ1v) is 11.7. The van der Waals surface area contributed by atoms with Crippen molar-refractivity contribution in [3.8, 4) is 17.1 Å². The third-order valence-corrected chi connectivity index (χ3v) is 6.09. The van der Waals surface area contributed by atoms with Gasteiger partial charge in [-0.25, -0.2) is 9.98 Å². The number of carbonyl (C=O) groups is 1. The Kier molecular flexibility index (Phi) is 5.43. The molecule has 7 heteroatoms. The van der Waals surface area contributed by atoms with E-state index in [0.29, 0.717) is 33.4 Å². The molecule has 37 heavy (non-hydrogen) atoms. The largest absolute Gasteiger partial charge is 0.507 e. The minimum atomic E-state index is -0.515. The lowest BCUT2D eigenvalue weighted by Crippen LogP contribution is -2.49. The predicted octanol–water partition coefficient (Wildman–Crippen LogP) is 4.74. The smallest absolute Gasteiger partial charge is 0.297 e. The third-order valence-electron chi connectivity index (χ3n) is 6.09. The molecule has 2 heterocycles. The molecule has 1 aliphatic rings. The molecule has 178 valence electrons. The number of phenolic OH excluding ortho intramolecular Hbond substituents is 1. The molecule has 0 saturated carbocycles. The zero-order valence-electron chi connectivity index (χ0n) is 19.5. The first-order valence-electron chi connectivity index (χ1n) is 11.7. The van der Waals surface area contributed by atoms with Gasteiger partial charge in [0, 0.05) is 16.7 Å². The van der Waals surface area contributed by atoms with Gasteiger partial charge in [-0.15, -0.1) is 0 Å². The number of carbonyl (C=O) groups excluding carboxylic acids is 1. The van der Waals surface area contributed by atoms with Crippen LogP contribution in [0.25, 0.3) is 28.4 Å². The second-order valence-electron chi connectivity index (χ2n) is 8.44. The molecule has 6 rings (SSSR count). The van der Waals surface area contributed by atoms with Crippen LogP contribution >= 0.6 is 0 Å². The highest BCUT2D eigenvalue weighted by Gasteiger charge is 2.35. The van der Waals surface area contributed by atoms with E-state index in [1.165, 1.54) is 21.8 Å². The lowest BCUT2D eigenvalue weighted by molar-refractivity contribution is -0.115. The Labute approximate surface area is 211 Å². The number of para-hydroxylation sites is 2. The Balaban J connectivity index is 1.64. The summed E-state index contributed by atoms with van der Waals surface area (Å²) in [5.74, 6) is 0.0967. The van der Waals surface area contributed by atoms with E-state index in [4.69, 9.17) is 4.98 Å². The van der Waals surface area contributed by atoms with E-state index in [9.17, 15) is 14.7 Å². The van der Waals surface area contributed by atoms with E-state index in [1.807, 2.05) is 66.7 Å². The topological polar surface area (TPSA) is 87.8 Å². The van der Waals surface area contributed by atoms with E-state index < -0.39 is 11.5 Å². The minimum absolute atomic E-state index is 0.0206. The molecule has 0 saturated heterocycles. The van der Waals surface area contributed by atoms with Crippen molar-refractivity contribution in [2.75, 3.05) is 5.01 Å². The number of benzene rings is 4. The number of aromatic hydroxyl groups is 1. The van der Waals surface area contributed by atoms with Crippen LogP contribution in [0.1, 0.15) is 11.1 Å². The molecule has 7 nitrogen and oxygen atoms in total. The molecule has 1 aromatic heterocycles. The standard InChI is InChI=1S/C30H20N4O3/c35-26-18-10-7-15-22(26)19-25-30(37)34(28(32-25)21-13-5-2-6-14-21)33-27(20-11-3-1-4-12-20)31-24-17-9-8-16-23(24)29(33)36/h1-19,35H/b25-19-. The van der Waals surface area contributed by atoms with Crippen LogP contribution in [-0.2, 0) is 4.79 Å². The summed E-state index contributed by atoms with van der Waals surface area (Å²) in [7, 11) is 0. The average molecular weight is 485 g/mol. The van der Waals surface area contributed by atoms with Gasteiger partial charge in [0.15, 0.2) is 11.7 Å². The monoisotopic (exact) mass is 484 g/mol. The van der Waals surface area contributed by atoms with Gasteiger partial charge in [0.1, 0.15) is 11.4 Å². The van der Waals surface area contributed by atoms with Crippen LogP contribution in [0.4, 0.5) is 0 Å². The van der Waals surface area contributed by atoms with Crippen LogP contribution in [0.3, 0.4) is 0 Å². The van der Waals surface area contributed by atoms with Crippen LogP contribution < -0.4 is 10.6 Å². The third kappa shape index (κ3) is 3.88. The molecule has 1 amide bonds. The highest BCUT2D eigenvalue weighted by Crippen LogP contribution is 2.27. The van der Waals surface area contributed by atoms with Crippen molar-refractivity contribution >= 4 is 28.7 Å². The summed E-state index contributed by atoms with van der Waals surface area (Å²) in [6, 6.07) is 32.2. The summed E-state index contributed by atoms with van der Waals surface area (Å²) in [5, 5.41) is 11.9. The number of amides is 1. The minimum Gasteiger partial charge on any atom is -0.507 e. The Morgan fingerprint density at radius 3 is 2.05 bits per heavy atom. The van der Waals surface area contributed by atoms with Gasteiger partial charge in [0.2, 0.25) is 0 Å². The number of fused-ring (bicyclic) bond motifs is 1. The molecule has 5 aromatic rings. The maximum absolute atomic E-state index is 14.0. The Hall–Kier alpha value is -5.30. The number of hydrogen-bond acceptors (Lipinski definition) is 5. The van der Waals surface area contributed by atoms with Crippen molar-refractivity contribution in [3.63, 3.8) is 0 Å². The number of phenols is 1. The van der Waals surface area contributed by atoms with Gasteiger partial charge in [-0.2, -0.15) is 9.69 Å². The number of aliphatic imine (C=N–C) groups is 1. The molecule has 0 spiro atoms. The quantitative estimate of drug-likeness (QED) is 0.374. The van der Waals surface area contributed by atoms with Crippen molar-refractivity contribution in [1.29, 1.82) is 0 Å². The van der Waals surface area contributed by atoms with Crippen LogP contribution in [0.15, 0.2) is 125 Å². The SMILES string of the molecule is O=C1/C(=C/c2ccccc2O)N=C(c2ccccc2)N1n1c(-c2ccccc2)nc2ccccc2c1=O. The first kappa shape index (κ1) is 22.2. The second kappa shape index (κ2) is 9.05. The van der Waals surface area contributed by atoms with Crippen LogP contribution in [0.5, 0.6) is 5.75 Å². The maximum Gasteiger partial charge on any atom is 0.297 e. The van der Waals surface area contributed by atoms with Crippen LogP contribution in [-0.4, -0.2) is 26.5 Å². The normalized spacial score (nSPS) is 14.4. The van der Waals surface area contributed by atoms with Gasteiger partial charge >= 0.3 is 0 Å². The molecule has 0 atom stereocenters. The van der Waals surface area contributed by atoms with Crippen LogP contribution in [0.2, 0.25) is 0 Å².